The van der Waals surface area contributed by atoms with E-state index in [1.54, 1.807) is 0 Å². The first-order valence-electron chi connectivity index (χ1n) is 12.3. The second kappa shape index (κ2) is 14.8. The molecule has 0 fully saturated rings. The molecule has 3 N–H and O–H groups in total. The van der Waals surface area contributed by atoms with Gasteiger partial charge in [-0.3, -0.25) is 0 Å². The van der Waals surface area contributed by atoms with Crippen molar-refractivity contribution in [2.45, 2.75) is 70.8 Å². The fourth-order valence-corrected chi connectivity index (χ4v) is 10.0. The number of unbranched alkanes of at least 4 members (excludes halogenated alkanes) is 1. The molecule has 3 heterocycles. The first kappa shape index (κ1) is 30.3. The summed E-state index contributed by atoms with van der Waals surface area (Å²) in [5, 5.41) is 15.6. The molecule has 2 atom stereocenters. The fourth-order valence-electron chi connectivity index (χ4n) is 3.87. The van der Waals surface area contributed by atoms with Crippen molar-refractivity contribution in [1.29, 1.82) is 0 Å². The molecular formula is C25H34AuF4N5O3. The Bertz CT molecular complexity index is 1050. The predicted octanol–water partition coefficient (Wildman–Crippen LogP) is 5.38. The SMILES string of the molecule is COC[C@H](F)[CH2][Au]([CH2]CCCc1ccc2c(n1)NCCC2)[CH2]CC(Nc1ccnc(C(F)(F)F)n1)C(=O)O. The van der Waals surface area contributed by atoms with Crippen molar-refractivity contribution in [1.82, 2.24) is 15.0 Å². The Morgan fingerprint density at radius 2 is 2.05 bits per heavy atom. The molecule has 0 bridgehead atoms. The topological polar surface area (TPSA) is 109 Å². The zero-order chi connectivity index (χ0) is 27.5. The number of nitrogens with zero attached hydrogens (tertiary/aromatic N) is 3. The predicted molar refractivity (Wildman–Crippen MR) is 132 cm³/mol. The minimum atomic E-state index is -4.74. The Kier molecular flexibility index (Phi) is 11.8. The summed E-state index contributed by atoms with van der Waals surface area (Å²) >= 11 is -1.82. The van der Waals surface area contributed by atoms with E-state index in [1.807, 2.05) is 0 Å². The van der Waals surface area contributed by atoms with Gasteiger partial charge in [0.2, 0.25) is 0 Å². The van der Waals surface area contributed by atoms with Gasteiger partial charge in [-0.1, -0.05) is 0 Å². The number of carboxylic acids is 1. The molecule has 1 unspecified atom stereocenters. The molecule has 0 spiro atoms. The van der Waals surface area contributed by atoms with Gasteiger partial charge in [-0.05, 0) is 0 Å². The zero-order valence-corrected chi connectivity index (χ0v) is 23.3. The van der Waals surface area contributed by atoms with E-state index < -0.39 is 48.6 Å². The second-order valence-corrected chi connectivity index (χ2v) is 15.1. The van der Waals surface area contributed by atoms with Crippen LogP contribution in [-0.4, -0.2) is 58.5 Å². The standard InChI is InChI=1S/C12H17N2.C9H9F3N3O2.C4H8FO.Au/c1-2-3-6-11-8-7-10-5-4-9-13-12(10)14-11;1-2-5(7(16)17)14-6-3-4-13-8(15-6)9(10,11)12;1-4(5)3-6-2;/h7-8H,1-6,9H2,(H,13,14);3-5H,1-2H2,(H,16,17)(H,13,14,15);4H,1,3H2,2H3;/t;;4-;/m..1./s1. The van der Waals surface area contributed by atoms with Gasteiger partial charge in [-0.2, -0.15) is 0 Å². The van der Waals surface area contributed by atoms with Gasteiger partial charge in [0.25, 0.3) is 0 Å². The Balaban J connectivity index is 1.55. The molecule has 0 aliphatic carbocycles. The summed E-state index contributed by atoms with van der Waals surface area (Å²) in [6.45, 7) is 0.912. The van der Waals surface area contributed by atoms with Crippen LogP contribution < -0.4 is 10.6 Å². The van der Waals surface area contributed by atoms with Crippen molar-refractivity contribution < 1.29 is 50.6 Å². The minimum absolute atomic E-state index is 0.0142. The van der Waals surface area contributed by atoms with Gasteiger partial charge >= 0.3 is 226 Å². The summed E-state index contributed by atoms with van der Waals surface area (Å²) in [6.07, 6.45) is -0.0598. The second-order valence-electron chi connectivity index (χ2n) is 8.81. The summed E-state index contributed by atoms with van der Waals surface area (Å²) < 4.78 is 59.8. The van der Waals surface area contributed by atoms with Crippen molar-refractivity contribution in [2.75, 3.05) is 30.9 Å². The molecule has 38 heavy (non-hydrogen) atoms. The molecule has 0 amide bonds. The number of hydrogen-bond acceptors (Lipinski definition) is 7. The number of carboxylic acid groups (broad SMARTS) is 1. The van der Waals surface area contributed by atoms with E-state index in [0.29, 0.717) is 9.28 Å². The van der Waals surface area contributed by atoms with Crippen LogP contribution in [0.15, 0.2) is 24.4 Å². The van der Waals surface area contributed by atoms with Crippen LogP contribution in [0.4, 0.5) is 29.2 Å². The Morgan fingerprint density at radius 3 is 2.79 bits per heavy atom. The number of anilines is 2. The fraction of sp³-hybridized carbons (Fsp3) is 0.600. The summed E-state index contributed by atoms with van der Waals surface area (Å²) in [6, 6.07) is 4.23. The third kappa shape index (κ3) is 9.79. The third-order valence-corrected chi connectivity index (χ3v) is 12.4. The van der Waals surface area contributed by atoms with E-state index in [1.165, 1.54) is 18.7 Å². The molecule has 13 heteroatoms. The molecule has 1 aliphatic rings. The number of fused-ring (bicyclic) bond motifs is 1. The number of nitrogens with one attached hydrogen (secondary N) is 2. The van der Waals surface area contributed by atoms with Gasteiger partial charge in [0.05, 0.1) is 0 Å². The van der Waals surface area contributed by atoms with Gasteiger partial charge in [-0.25, -0.2) is 0 Å². The van der Waals surface area contributed by atoms with E-state index in [0.717, 1.165) is 61.0 Å². The molecule has 0 aromatic carbocycles. The molecule has 2 aromatic heterocycles. The third-order valence-electron chi connectivity index (χ3n) is 5.73. The number of ether oxygens (including phenoxy) is 1. The van der Waals surface area contributed by atoms with Crippen molar-refractivity contribution >= 4 is 17.6 Å². The number of aromatic nitrogens is 3. The van der Waals surface area contributed by atoms with Crippen LogP contribution in [0.25, 0.3) is 0 Å². The van der Waals surface area contributed by atoms with Gasteiger partial charge in [0.15, 0.2) is 0 Å². The Hall–Kier alpha value is -2.28. The van der Waals surface area contributed by atoms with E-state index >= 15 is 0 Å². The summed E-state index contributed by atoms with van der Waals surface area (Å²) in [7, 11) is 1.44. The number of hydrogen-bond donors (Lipinski definition) is 3. The molecule has 3 rings (SSSR count). The van der Waals surface area contributed by atoms with E-state index in [2.05, 4.69) is 32.7 Å². The van der Waals surface area contributed by atoms with E-state index in [4.69, 9.17) is 9.72 Å². The first-order valence-corrected chi connectivity index (χ1v) is 16.9. The van der Waals surface area contributed by atoms with Crippen molar-refractivity contribution in [3.05, 3.63) is 41.5 Å². The Morgan fingerprint density at radius 1 is 1.24 bits per heavy atom. The summed E-state index contributed by atoms with van der Waals surface area (Å²) in [5.74, 6) is -1.80. The van der Waals surface area contributed by atoms with Crippen LogP contribution in [0, 0.1) is 0 Å². The molecule has 1 aliphatic heterocycles. The van der Waals surface area contributed by atoms with E-state index in [9.17, 15) is 27.5 Å². The van der Waals surface area contributed by atoms with Crippen LogP contribution in [0.5, 0.6) is 0 Å². The molecule has 0 saturated heterocycles. The van der Waals surface area contributed by atoms with Gasteiger partial charge < -0.3 is 0 Å². The van der Waals surface area contributed by atoms with Crippen molar-refractivity contribution in [2.24, 2.45) is 0 Å². The molecule has 0 saturated carbocycles. The van der Waals surface area contributed by atoms with Crippen LogP contribution in [0.2, 0.25) is 13.9 Å². The quantitative estimate of drug-likeness (QED) is 0.128. The molecule has 8 nitrogen and oxygen atoms in total. The molecule has 2 aromatic rings. The average molecular weight is 726 g/mol. The van der Waals surface area contributed by atoms with Gasteiger partial charge in [-0.15, -0.1) is 0 Å². The van der Waals surface area contributed by atoms with Crippen LogP contribution in [0.3, 0.4) is 0 Å². The number of alkyl halides is 4. The number of aliphatic carboxylic acids is 1. The first-order chi connectivity index (χ1) is 18.2. The number of halogens is 4. The maximum atomic E-state index is 14.4. The zero-order valence-electron chi connectivity index (χ0n) is 21.2. The average Bonchev–Trinajstić information content (AvgIpc) is 2.88. The van der Waals surface area contributed by atoms with Crippen LogP contribution in [0.1, 0.15) is 42.8 Å². The summed E-state index contributed by atoms with van der Waals surface area (Å²) in [4.78, 5) is 23.1. The monoisotopic (exact) mass is 725 g/mol. The number of methoxy groups -OCH3 is 1. The van der Waals surface area contributed by atoms with Crippen molar-refractivity contribution in [3.8, 4) is 0 Å². The molecule has 216 valence electrons. The number of rotatable bonds is 15. The van der Waals surface area contributed by atoms with Crippen LogP contribution >= 0.6 is 0 Å². The van der Waals surface area contributed by atoms with Gasteiger partial charge in [0, 0.05) is 0 Å². The molecule has 0 radical (unpaired) electrons. The number of aryl methyl sites for hydroxylation is 2. The Labute approximate surface area is 226 Å². The van der Waals surface area contributed by atoms with Crippen molar-refractivity contribution in [3.63, 3.8) is 0 Å². The van der Waals surface area contributed by atoms with Crippen LogP contribution in [-0.2, 0) is 47.0 Å². The van der Waals surface area contributed by atoms with E-state index in [-0.39, 0.29) is 18.8 Å². The maximum absolute atomic E-state index is 14.4. The number of pyridine rings is 1. The normalized spacial score (nSPS) is 15.2. The molecular weight excluding hydrogens is 691 g/mol. The van der Waals surface area contributed by atoms with Gasteiger partial charge in [0.1, 0.15) is 0 Å². The number of carbonyl (C=O) groups is 1. The summed E-state index contributed by atoms with van der Waals surface area (Å²) in [5.41, 5.74) is 2.25.